The molecule has 0 fully saturated rings. The fraction of sp³-hybridized carbons (Fsp3) is 0.150. The van der Waals surface area contributed by atoms with Gasteiger partial charge in [-0.2, -0.15) is 9.97 Å². The molecule has 8 heteroatoms. The maximum absolute atomic E-state index is 9.64. The van der Waals surface area contributed by atoms with Crippen LogP contribution in [0.25, 0.3) is 22.3 Å². The Morgan fingerprint density at radius 3 is 2.50 bits per heavy atom. The average molecular weight is 373 g/mol. The van der Waals surface area contributed by atoms with Crippen LogP contribution in [0.15, 0.2) is 48.5 Å². The van der Waals surface area contributed by atoms with Gasteiger partial charge in [-0.3, -0.25) is 0 Å². The van der Waals surface area contributed by atoms with Crippen LogP contribution in [-0.2, 0) is 6.54 Å². The molecule has 2 aromatic carbocycles. The van der Waals surface area contributed by atoms with Gasteiger partial charge in [-0.05, 0) is 19.4 Å². The lowest BCUT2D eigenvalue weighted by molar-refractivity contribution is 0.426. The first-order chi connectivity index (χ1) is 13.5. The maximum atomic E-state index is 9.64. The summed E-state index contributed by atoms with van der Waals surface area (Å²) >= 11 is 0. The van der Waals surface area contributed by atoms with E-state index in [1.807, 2.05) is 50.2 Å². The van der Waals surface area contributed by atoms with Gasteiger partial charge in [0.15, 0.2) is 5.82 Å². The Balaban J connectivity index is 1.74. The smallest absolute Gasteiger partial charge is 0.423 e. The number of rotatable bonds is 5. The molecule has 0 aliphatic rings. The van der Waals surface area contributed by atoms with E-state index in [-0.39, 0.29) is 0 Å². The van der Waals surface area contributed by atoms with Gasteiger partial charge in [-0.25, -0.2) is 4.98 Å². The van der Waals surface area contributed by atoms with Crippen LogP contribution in [0, 0.1) is 13.8 Å². The maximum Gasteiger partial charge on any atom is 0.490 e. The minimum absolute atomic E-state index is 0.417. The van der Waals surface area contributed by atoms with Crippen molar-refractivity contribution in [3.05, 3.63) is 65.6 Å². The molecule has 0 spiro atoms. The Morgan fingerprint density at radius 2 is 1.75 bits per heavy atom. The molecule has 0 amide bonds. The second-order valence-corrected chi connectivity index (χ2v) is 6.64. The van der Waals surface area contributed by atoms with E-state index in [9.17, 15) is 10.0 Å². The predicted octanol–water partition coefficient (Wildman–Crippen LogP) is 1.93. The highest BCUT2D eigenvalue weighted by molar-refractivity contribution is 6.61. The van der Waals surface area contributed by atoms with Crippen molar-refractivity contribution in [2.24, 2.45) is 0 Å². The summed E-state index contributed by atoms with van der Waals surface area (Å²) in [4.78, 5) is 16.7. The first-order valence-corrected chi connectivity index (χ1v) is 9.01. The highest BCUT2D eigenvalue weighted by atomic mass is 16.4. The molecule has 4 aromatic rings. The fourth-order valence-electron chi connectivity index (χ4n) is 3.32. The van der Waals surface area contributed by atoms with Crippen LogP contribution >= 0.6 is 0 Å². The number of nitrogens with one attached hydrogen (secondary N) is 2. The molecule has 0 radical (unpaired) electrons. The molecular formula is C20H20BN5O2. The third-order valence-corrected chi connectivity index (χ3v) is 4.60. The van der Waals surface area contributed by atoms with Gasteiger partial charge in [0.2, 0.25) is 5.95 Å². The van der Waals surface area contributed by atoms with Crippen LogP contribution in [0.3, 0.4) is 0 Å². The zero-order valence-electron chi connectivity index (χ0n) is 15.6. The first kappa shape index (κ1) is 18.2. The number of aromatic amines is 1. The van der Waals surface area contributed by atoms with Crippen LogP contribution in [0.4, 0.5) is 5.95 Å². The number of aromatic nitrogens is 4. The summed E-state index contributed by atoms with van der Waals surface area (Å²) < 4.78 is 0. The number of fused-ring (bicyclic) bond motifs is 1. The molecule has 0 saturated carbocycles. The molecule has 0 unspecified atom stereocenters. The Bertz CT molecular complexity index is 1130. The Hall–Kier alpha value is -3.23. The second kappa shape index (κ2) is 7.42. The minimum Gasteiger partial charge on any atom is -0.423 e. The number of para-hydroxylation sites is 1. The van der Waals surface area contributed by atoms with E-state index in [0.29, 0.717) is 35.1 Å². The Labute approximate surface area is 162 Å². The van der Waals surface area contributed by atoms with Gasteiger partial charge in [-0.15, -0.1) is 0 Å². The lowest BCUT2D eigenvalue weighted by Crippen LogP contribution is -2.30. The SMILES string of the molecule is Cc1nc(NCc2ccccc2)nc(-c2c(C)[nH]c3c(B(O)O)cccc23)n1. The molecule has 0 atom stereocenters. The number of anilines is 1. The van der Waals surface area contributed by atoms with Crippen molar-refractivity contribution in [3.8, 4) is 11.4 Å². The largest absolute Gasteiger partial charge is 0.490 e. The topological polar surface area (TPSA) is 107 Å². The zero-order valence-corrected chi connectivity index (χ0v) is 15.6. The van der Waals surface area contributed by atoms with Crippen molar-refractivity contribution < 1.29 is 10.0 Å². The summed E-state index contributed by atoms with van der Waals surface area (Å²) in [6.45, 7) is 4.35. The molecule has 28 heavy (non-hydrogen) atoms. The molecule has 2 aromatic heterocycles. The third-order valence-electron chi connectivity index (χ3n) is 4.60. The van der Waals surface area contributed by atoms with Gasteiger partial charge in [0, 0.05) is 34.2 Å². The van der Waals surface area contributed by atoms with E-state index in [4.69, 9.17) is 0 Å². The second-order valence-electron chi connectivity index (χ2n) is 6.64. The first-order valence-electron chi connectivity index (χ1n) is 9.01. The number of hydrogen-bond acceptors (Lipinski definition) is 6. The molecular weight excluding hydrogens is 353 g/mol. The van der Waals surface area contributed by atoms with Gasteiger partial charge < -0.3 is 20.3 Å². The molecule has 2 heterocycles. The van der Waals surface area contributed by atoms with E-state index in [1.165, 1.54) is 0 Å². The van der Waals surface area contributed by atoms with Crippen molar-refractivity contribution in [1.82, 2.24) is 19.9 Å². The van der Waals surface area contributed by atoms with Gasteiger partial charge in [-0.1, -0.05) is 48.5 Å². The molecule has 0 bridgehead atoms. The third kappa shape index (κ3) is 3.47. The molecule has 7 nitrogen and oxygen atoms in total. The lowest BCUT2D eigenvalue weighted by Gasteiger charge is -2.08. The number of benzene rings is 2. The van der Waals surface area contributed by atoms with Crippen LogP contribution in [0.5, 0.6) is 0 Å². The molecule has 4 N–H and O–H groups in total. The van der Waals surface area contributed by atoms with Crippen molar-refractivity contribution in [3.63, 3.8) is 0 Å². The van der Waals surface area contributed by atoms with Crippen molar-refractivity contribution in [2.75, 3.05) is 5.32 Å². The monoisotopic (exact) mass is 373 g/mol. The summed E-state index contributed by atoms with van der Waals surface area (Å²) in [6, 6.07) is 15.4. The number of aryl methyl sites for hydroxylation is 2. The van der Waals surface area contributed by atoms with E-state index in [1.54, 1.807) is 12.1 Å². The van der Waals surface area contributed by atoms with Gasteiger partial charge in [0.25, 0.3) is 0 Å². The summed E-state index contributed by atoms with van der Waals surface area (Å²) in [5.41, 5.74) is 3.89. The van der Waals surface area contributed by atoms with Crippen LogP contribution < -0.4 is 10.8 Å². The van der Waals surface area contributed by atoms with Crippen molar-refractivity contribution in [2.45, 2.75) is 20.4 Å². The number of nitrogens with zero attached hydrogens (tertiary/aromatic N) is 3. The Morgan fingerprint density at radius 1 is 0.964 bits per heavy atom. The van der Waals surface area contributed by atoms with E-state index >= 15 is 0 Å². The summed E-state index contributed by atoms with van der Waals surface area (Å²) in [5, 5.41) is 23.4. The average Bonchev–Trinajstić information content (AvgIpc) is 3.02. The number of H-pyrrole nitrogens is 1. The standard InChI is InChI=1S/C20H20BN5O2/c1-12-17(15-9-6-10-16(21(27)28)18(15)23-12)19-24-13(2)25-20(26-19)22-11-14-7-4-3-5-8-14/h3-10,23,27-28H,11H2,1-2H3,(H,22,24,25,26). The molecule has 4 rings (SSSR count). The minimum atomic E-state index is -1.56. The van der Waals surface area contributed by atoms with Crippen molar-refractivity contribution >= 4 is 29.4 Å². The van der Waals surface area contributed by atoms with Gasteiger partial charge in [0.1, 0.15) is 5.82 Å². The number of hydrogen-bond donors (Lipinski definition) is 4. The molecule has 0 saturated heterocycles. The molecule has 140 valence electrons. The van der Waals surface area contributed by atoms with Crippen LogP contribution in [0.1, 0.15) is 17.1 Å². The summed E-state index contributed by atoms with van der Waals surface area (Å²) in [7, 11) is -1.56. The van der Waals surface area contributed by atoms with E-state index < -0.39 is 7.12 Å². The normalized spacial score (nSPS) is 11.0. The quantitative estimate of drug-likeness (QED) is 0.398. The molecule has 0 aliphatic carbocycles. The van der Waals surface area contributed by atoms with Crippen molar-refractivity contribution in [1.29, 1.82) is 0 Å². The summed E-state index contributed by atoms with van der Waals surface area (Å²) in [5.74, 6) is 1.64. The summed E-state index contributed by atoms with van der Waals surface area (Å²) in [6.07, 6.45) is 0. The predicted molar refractivity (Wildman–Crippen MR) is 110 cm³/mol. The van der Waals surface area contributed by atoms with Crippen LogP contribution in [-0.4, -0.2) is 37.1 Å². The zero-order chi connectivity index (χ0) is 19.7. The van der Waals surface area contributed by atoms with E-state index in [2.05, 4.69) is 25.3 Å². The van der Waals surface area contributed by atoms with E-state index in [0.717, 1.165) is 22.2 Å². The fourth-order valence-corrected chi connectivity index (χ4v) is 3.32. The Kier molecular flexibility index (Phi) is 4.81. The van der Waals surface area contributed by atoms with Gasteiger partial charge in [0.05, 0.1) is 0 Å². The molecule has 0 aliphatic heterocycles. The lowest BCUT2D eigenvalue weighted by atomic mass is 9.79. The highest BCUT2D eigenvalue weighted by Crippen LogP contribution is 2.29. The van der Waals surface area contributed by atoms with Crippen LogP contribution in [0.2, 0.25) is 0 Å². The highest BCUT2D eigenvalue weighted by Gasteiger charge is 2.21. The van der Waals surface area contributed by atoms with Gasteiger partial charge >= 0.3 is 7.12 Å².